The fraction of sp³-hybridized carbons (Fsp3) is 0.211. The summed E-state index contributed by atoms with van der Waals surface area (Å²) in [5.74, 6) is -0.369. The van der Waals surface area contributed by atoms with Crippen molar-refractivity contribution in [2.75, 3.05) is 11.9 Å². The largest absolute Gasteiger partial charge is 0.296 e. The number of nitrogens with one attached hydrogen (secondary N) is 2. The SMILES string of the molecule is Cc1ccc(CCCNS(=O)(=O)c2nnc(NC(=O)c3ccccc3)s2)cc1. The van der Waals surface area contributed by atoms with Gasteiger partial charge < -0.3 is 0 Å². The molecule has 0 aliphatic carbocycles. The van der Waals surface area contributed by atoms with E-state index in [-0.39, 0.29) is 15.4 Å². The maximum Gasteiger partial charge on any atom is 0.269 e. The zero-order valence-electron chi connectivity index (χ0n) is 15.3. The van der Waals surface area contributed by atoms with Crippen molar-refractivity contribution in [3.63, 3.8) is 0 Å². The van der Waals surface area contributed by atoms with Gasteiger partial charge in [0.25, 0.3) is 15.9 Å². The van der Waals surface area contributed by atoms with Gasteiger partial charge in [0.15, 0.2) is 0 Å². The average Bonchev–Trinajstić information content (AvgIpc) is 3.17. The molecule has 146 valence electrons. The highest BCUT2D eigenvalue weighted by Crippen LogP contribution is 2.20. The minimum Gasteiger partial charge on any atom is -0.296 e. The lowest BCUT2D eigenvalue weighted by Crippen LogP contribution is -2.25. The lowest BCUT2D eigenvalue weighted by atomic mass is 10.1. The molecule has 7 nitrogen and oxygen atoms in total. The quantitative estimate of drug-likeness (QED) is 0.434. The summed E-state index contributed by atoms with van der Waals surface area (Å²) in [6.07, 6.45) is 1.44. The number of hydrogen-bond donors (Lipinski definition) is 2. The summed E-state index contributed by atoms with van der Waals surface area (Å²) in [4.78, 5) is 12.1. The third-order valence-corrected chi connectivity index (χ3v) is 6.61. The molecule has 3 aromatic rings. The van der Waals surface area contributed by atoms with Crippen LogP contribution in [0.2, 0.25) is 0 Å². The zero-order valence-corrected chi connectivity index (χ0v) is 16.9. The number of aromatic nitrogens is 2. The maximum atomic E-state index is 12.3. The van der Waals surface area contributed by atoms with E-state index in [4.69, 9.17) is 0 Å². The number of carbonyl (C=O) groups excluding carboxylic acids is 1. The van der Waals surface area contributed by atoms with Crippen molar-refractivity contribution in [3.8, 4) is 0 Å². The minimum absolute atomic E-state index is 0.133. The molecule has 0 spiro atoms. The van der Waals surface area contributed by atoms with E-state index in [0.717, 1.165) is 23.3 Å². The number of aryl methyl sites for hydroxylation is 2. The third-order valence-electron chi connectivity index (χ3n) is 3.95. The van der Waals surface area contributed by atoms with Crippen molar-refractivity contribution in [1.82, 2.24) is 14.9 Å². The van der Waals surface area contributed by atoms with Crippen LogP contribution in [0.25, 0.3) is 0 Å². The van der Waals surface area contributed by atoms with Gasteiger partial charge in [0, 0.05) is 12.1 Å². The summed E-state index contributed by atoms with van der Waals surface area (Å²) in [6, 6.07) is 16.7. The summed E-state index contributed by atoms with van der Waals surface area (Å²) in [5, 5.41) is 10.1. The number of sulfonamides is 1. The van der Waals surface area contributed by atoms with Crippen LogP contribution in [0.3, 0.4) is 0 Å². The molecule has 2 N–H and O–H groups in total. The lowest BCUT2D eigenvalue weighted by molar-refractivity contribution is 0.102. The van der Waals surface area contributed by atoms with Gasteiger partial charge in [-0.15, -0.1) is 10.2 Å². The molecule has 1 heterocycles. The molecule has 0 bridgehead atoms. The Morgan fingerprint density at radius 1 is 1.04 bits per heavy atom. The van der Waals surface area contributed by atoms with E-state index in [2.05, 4.69) is 20.2 Å². The van der Waals surface area contributed by atoms with E-state index in [1.54, 1.807) is 30.3 Å². The van der Waals surface area contributed by atoms with Crippen molar-refractivity contribution >= 4 is 32.4 Å². The van der Waals surface area contributed by atoms with Gasteiger partial charge in [0.05, 0.1) is 0 Å². The molecule has 0 aliphatic heterocycles. The molecule has 1 amide bonds. The topological polar surface area (TPSA) is 101 Å². The summed E-state index contributed by atoms with van der Waals surface area (Å²) in [5.41, 5.74) is 2.80. The van der Waals surface area contributed by atoms with Crippen molar-refractivity contribution in [2.24, 2.45) is 0 Å². The Morgan fingerprint density at radius 3 is 2.46 bits per heavy atom. The van der Waals surface area contributed by atoms with Crippen molar-refractivity contribution < 1.29 is 13.2 Å². The van der Waals surface area contributed by atoms with E-state index in [0.29, 0.717) is 18.5 Å². The second kappa shape index (κ2) is 9.05. The van der Waals surface area contributed by atoms with Crippen LogP contribution in [-0.2, 0) is 16.4 Å². The van der Waals surface area contributed by atoms with Crippen LogP contribution in [-0.4, -0.2) is 31.1 Å². The smallest absolute Gasteiger partial charge is 0.269 e. The third kappa shape index (κ3) is 5.44. The van der Waals surface area contributed by atoms with Crippen LogP contribution >= 0.6 is 11.3 Å². The second-order valence-electron chi connectivity index (χ2n) is 6.18. The number of benzene rings is 2. The van der Waals surface area contributed by atoms with Crippen LogP contribution in [0.1, 0.15) is 27.9 Å². The first-order valence-corrected chi connectivity index (χ1v) is 11.0. The second-order valence-corrected chi connectivity index (χ2v) is 9.10. The highest BCUT2D eigenvalue weighted by Gasteiger charge is 2.20. The Balaban J connectivity index is 1.52. The number of anilines is 1. The van der Waals surface area contributed by atoms with E-state index < -0.39 is 10.0 Å². The standard InChI is InChI=1S/C19H20N4O3S2/c1-14-9-11-15(12-10-14)6-5-13-20-28(25,26)19-23-22-18(27-19)21-17(24)16-7-3-2-4-8-16/h2-4,7-12,20H,5-6,13H2,1H3,(H,21,22,24). The number of nitrogens with zero attached hydrogens (tertiary/aromatic N) is 2. The highest BCUT2D eigenvalue weighted by atomic mass is 32.2. The molecular weight excluding hydrogens is 396 g/mol. The number of hydrogen-bond acceptors (Lipinski definition) is 6. The Kier molecular flexibility index (Phi) is 6.50. The van der Waals surface area contributed by atoms with Gasteiger partial charge in [-0.1, -0.05) is 59.4 Å². The van der Waals surface area contributed by atoms with Gasteiger partial charge in [-0.2, -0.15) is 0 Å². The molecular formula is C19H20N4O3S2. The first kappa shape index (κ1) is 20.1. The van der Waals surface area contributed by atoms with Gasteiger partial charge in [0.1, 0.15) is 0 Å². The van der Waals surface area contributed by atoms with Crippen LogP contribution in [0.5, 0.6) is 0 Å². The van der Waals surface area contributed by atoms with Crippen LogP contribution in [0, 0.1) is 6.92 Å². The molecule has 9 heteroatoms. The highest BCUT2D eigenvalue weighted by molar-refractivity contribution is 7.91. The van der Waals surface area contributed by atoms with Crippen LogP contribution < -0.4 is 10.0 Å². The van der Waals surface area contributed by atoms with Gasteiger partial charge in [-0.3, -0.25) is 10.1 Å². The first-order valence-electron chi connectivity index (χ1n) is 8.69. The van der Waals surface area contributed by atoms with Crippen LogP contribution in [0.15, 0.2) is 58.9 Å². The fourth-order valence-corrected chi connectivity index (χ4v) is 4.45. The number of rotatable bonds is 8. The Bertz CT molecular complexity index is 1030. The van der Waals surface area contributed by atoms with E-state index in [9.17, 15) is 13.2 Å². The Labute approximate surface area is 167 Å². The van der Waals surface area contributed by atoms with Gasteiger partial charge in [0.2, 0.25) is 9.47 Å². The average molecular weight is 417 g/mol. The molecule has 2 aromatic carbocycles. The molecule has 0 saturated carbocycles. The monoisotopic (exact) mass is 416 g/mol. The van der Waals surface area contributed by atoms with Crippen molar-refractivity contribution in [1.29, 1.82) is 0 Å². The van der Waals surface area contributed by atoms with E-state index in [1.165, 1.54) is 5.56 Å². The van der Waals surface area contributed by atoms with Gasteiger partial charge >= 0.3 is 0 Å². The number of amides is 1. The summed E-state index contributed by atoms with van der Waals surface area (Å²) in [7, 11) is -3.76. The number of carbonyl (C=O) groups is 1. The molecule has 28 heavy (non-hydrogen) atoms. The molecule has 0 atom stereocenters. The molecule has 0 fully saturated rings. The summed E-state index contributed by atoms with van der Waals surface area (Å²) >= 11 is 0.814. The fourth-order valence-electron chi connectivity index (χ4n) is 2.44. The summed E-state index contributed by atoms with van der Waals surface area (Å²) < 4.78 is 27.0. The molecule has 0 unspecified atom stereocenters. The zero-order chi connectivity index (χ0) is 20.0. The van der Waals surface area contributed by atoms with Crippen LogP contribution in [0.4, 0.5) is 5.13 Å². The normalized spacial score (nSPS) is 11.3. The van der Waals surface area contributed by atoms with E-state index in [1.807, 2.05) is 31.2 Å². The Hall–Kier alpha value is -2.62. The molecule has 0 aliphatic rings. The van der Waals surface area contributed by atoms with Crippen molar-refractivity contribution in [3.05, 3.63) is 71.3 Å². The van der Waals surface area contributed by atoms with Gasteiger partial charge in [-0.05, 0) is 37.5 Å². The predicted molar refractivity (Wildman–Crippen MR) is 109 cm³/mol. The molecule has 0 radical (unpaired) electrons. The molecule has 3 rings (SSSR count). The predicted octanol–water partition coefficient (Wildman–Crippen LogP) is 3.01. The first-order chi connectivity index (χ1) is 13.4. The van der Waals surface area contributed by atoms with Crippen molar-refractivity contribution in [2.45, 2.75) is 24.1 Å². The minimum atomic E-state index is -3.76. The van der Waals surface area contributed by atoms with Gasteiger partial charge in [-0.25, -0.2) is 13.1 Å². The summed E-state index contributed by atoms with van der Waals surface area (Å²) in [6.45, 7) is 2.32. The molecule has 0 saturated heterocycles. The molecule has 1 aromatic heterocycles. The Morgan fingerprint density at radius 2 is 1.75 bits per heavy atom. The lowest BCUT2D eigenvalue weighted by Gasteiger charge is -2.04. The maximum absolute atomic E-state index is 12.3. The van der Waals surface area contributed by atoms with E-state index >= 15 is 0 Å².